The molecule has 21 heavy (non-hydrogen) atoms. The van der Waals surface area contributed by atoms with Gasteiger partial charge >= 0.3 is 0 Å². The molecule has 2 N–H and O–H groups in total. The summed E-state index contributed by atoms with van der Waals surface area (Å²) in [5.41, 5.74) is 3.55. The van der Waals surface area contributed by atoms with Crippen molar-refractivity contribution in [1.29, 1.82) is 0 Å². The number of hydrogen-bond donors (Lipinski definition) is 2. The Hall–Kier alpha value is -2.66. The van der Waals surface area contributed by atoms with E-state index in [-0.39, 0.29) is 0 Å². The first-order chi connectivity index (χ1) is 10.2. The third kappa shape index (κ3) is 3.90. The number of methoxy groups -OCH3 is 1. The molecule has 0 aromatic heterocycles. The van der Waals surface area contributed by atoms with E-state index in [1.807, 2.05) is 24.3 Å². The monoisotopic (exact) mass is 284 g/mol. The van der Waals surface area contributed by atoms with Crippen LogP contribution in [-0.2, 0) is 4.79 Å². The fourth-order valence-corrected chi connectivity index (χ4v) is 1.79. The average molecular weight is 284 g/mol. The third-order valence-corrected chi connectivity index (χ3v) is 2.88. The summed E-state index contributed by atoms with van der Waals surface area (Å²) in [6, 6.07) is 16.0. The number of rotatable bonds is 5. The Morgan fingerprint density at radius 3 is 2.57 bits per heavy atom. The zero-order chi connectivity index (χ0) is 15.1. The molecular formula is C16H16N2O3. The predicted molar refractivity (Wildman–Crippen MR) is 80.1 cm³/mol. The second-order valence-electron chi connectivity index (χ2n) is 4.29. The molecule has 0 aliphatic heterocycles. The van der Waals surface area contributed by atoms with Crippen molar-refractivity contribution < 1.29 is 14.6 Å². The van der Waals surface area contributed by atoms with E-state index < -0.39 is 12.0 Å². The highest BCUT2D eigenvalue weighted by Gasteiger charge is 2.15. The van der Waals surface area contributed by atoms with Gasteiger partial charge in [-0.15, -0.1) is 0 Å². The number of para-hydroxylation sites is 1. The number of amides is 1. The zero-order valence-corrected chi connectivity index (χ0v) is 11.6. The van der Waals surface area contributed by atoms with E-state index in [9.17, 15) is 9.90 Å². The Morgan fingerprint density at radius 1 is 1.19 bits per heavy atom. The minimum Gasteiger partial charge on any atom is -0.496 e. The number of carbonyl (C=O) groups excluding carboxylic acids is 1. The largest absolute Gasteiger partial charge is 0.496 e. The lowest BCUT2D eigenvalue weighted by Gasteiger charge is -2.08. The van der Waals surface area contributed by atoms with Crippen molar-refractivity contribution in [3.05, 3.63) is 65.7 Å². The van der Waals surface area contributed by atoms with Gasteiger partial charge in [-0.2, -0.15) is 5.10 Å². The molecular weight excluding hydrogens is 268 g/mol. The van der Waals surface area contributed by atoms with Gasteiger partial charge < -0.3 is 9.84 Å². The molecule has 2 aromatic rings. The average Bonchev–Trinajstić information content (AvgIpc) is 2.55. The van der Waals surface area contributed by atoms with E-state index in [2.05, 4.69) is 10.5 Å². The van der Waals surface area contributed by atoms with E-state index in [4.69, 9.17) is 4.74 Å². The summed E-state index contributed by atoms with van der Waals surface area (Å²) in [7, 11) is 1.56. The molecule has 0 saturated heterocycles. The van der Waals surface area contributed by atoms with Gasteiger partial charge in [0.2, 0.25) is 0 Å². The van der Waals surface area contributed by atoms with Crippen LogP contribution in [0.15, 0.2) is 59.7 Å². The Bertz CT molecular complexity index is 626. The van der Waals surface area contributed by atoms with Crippen molar-refractivity contribution in [2.75, 3.05) is 7.11 Å². The van der Waals surface area contributed by atoms with Gasteiger partial charge in [0, 0.05) is 5.56 Å². The summed E-state index contributed by atoms with van der Waals surface area (Å²) in [5, 5.41) is 13.7. The van der Waals surface area contributed by atoms with Crippen molar-refractivity contribution >= 4 is 12.1 Å². The maximum atomic E-state index is 11.8. The maximum absolute atomic E-state index is 11.8. The SMILES string of the molecule is COc1ccccc1/C=N\NC(=O)[C@H](O)c1ccccc1. The number of hydrazone groups is 1. The molecule has 5 nitrogen and oxygen atoms in total. The van der Waals surface area contributed by atoms with E-state index in [0.717, 1.165) is 5.56 Å². The van der Waals surface area contributed by atoms with E-state index in [1.54, 1.807) is 37.4 Å². The van der Waals surface area contributed by atoms with E-state index >= 15 is 0 Å². The molecule has 0 aliphatic rings. The first kappa shape index (κ1) is 14.7. The molecule has 5 heteroatoms. The molecule has 0 heterocycles. The van der Waals surface area contributed by atoms with Crippen molar-refractivity contribution in [3.8, 4) is 5.75 Å². The smallest absolute Gasteiger partial charge is 0.273 e. The Morgan fingerprint density at radius 2 is 1.86 bits per heavy atom. The van der Waals surface area contributed by atoms with E-state index in [0.29, 0.717) is 11.3 Å². The highest BCUT2D eigenvalue weighted by molar-refractivity contribution is 5.86. The third-order valence-electron chi connectivity index (χ3n) is 2.88. The van der Waals surface area contributed by atoms with Crippen LogP contribution in [-0.4, -0.2) is 24.3 Å². The Balaban J connectivity index is 1.99. The molecule has 2 rings (SSSR count). The predicted octanol–water partition coefficient (Wildman–Crippen LogP) is 1.88. The normalized spacial score (nSPS) is 12.1. The van der Waals surface area contributed by atoms with Crippen LogP contribution in [0.2, 0.25) is 0 Å². The van der Waals surface area contributed by atoms with Crippen LogP contribution in [0.25, 0.3) is 0 Å². The molecule has 0 aliphatic carbocycles. The second-order valence-corrected chi connectivity index (χ2v) is 4.29. The maximum Gasteiger partial charge on any atom is 0.273 e. The summed E-state index contributed by atoms with van der Waals surface area (Å²) in [4.78, 5) is 11.8. The Labute approximate surface area is 122 Å². The molecule has 108 valence electrons. The number of nitrogens with one attached hydrogen (secondary N) is 1. The van der Waals surface area contributed by atoms with Crippen LogP contribution in [0.3, 0.4) is 0 Å². The summed E-state index contributed by atoms with van der Waals surface area (Å²) in [6.45, 7) is 0. The van der Waals surface area contributed by atoms with Crippen LogP contribution >= 0.6 is 0 Å². The number of ether oxygens (including phenoxy) is 1. The second kappa shape index (κ2) is 7.21. The molecule has 0 radical (unpaired) electrons. The van der Waals surface area contributed by atoms with Gasteiger partial charge in [-0.25, -0.2) is 5.43 Å². The molecule has 1 amide bonds. The molecule has 2 aromatic carbocycles. The summed E-state index contributed by atoms with van der Waals surface area (Å²) < 4.78 is 5.17. The number of aliphatic hydroxyl groups excluding tert-OH is 1. The standard InChI is InChI=1S/C16H16N2O3/c1-21-14-10-6-5-9-13(14)11-17-18-16(20)15(19)12-7-3-2-4-8-12/h2-11,15,19H,1H3,(H,18,20)/b17-11-/t15-/m1/s1. The minimum absolute atomic E-state index is 0.516. The van der Waals surface area contributed by atoms with E-state index in [1.165, 1.54) is 6.21 Å². The summed E-state index contributed by atoms with van der Waals surface area (Å²) >= 11 is 0. The molecule has 0 spiro atoms. The molecule has 1 atom stereocenters. The topological polar surface area (TPSA) is 70.9 Å². The van der Waals surface area contributed by atoms with Crippen LogP contribution in [0.5, 0.6) is 5.75 Å². The van der Waals surface area contributed by atoms with Crippen molar-refractivity contribution in [3.63, 3.8) is 0 Å². The number of benzene rings is 2. The van der Waals surface area contributed by atoms with Gasteiger partial charge in [0.1, 0.15) is 5.75 Å². The highest BCUT2D eigenvalue weighted by Crippen LogP contribution is 2.15. The van der Waals surface area contributed by atoms with Gasteiger partial charge in [-0.1, -0.05) is 42.5 Å². The van der Waals surface area contributed by atoms with Gasteiger partial charge in [-0.05, 0) is 17.7 Å². The van der Waals surface area contributed by atoms with Crippen molar-refractivity contribution in [1.82, 2.24) is 5.43 Å². The van der Waals surface area contributed by atoms with Crippen LogP contribution in [0.4, 0.5) is 0 Å². The number of carbonyl (C=O) groups is 1. The highest BCUT2D eigenvalue weighted by atomic mass is 16.5. The van der Waals surface area contributed by atoms with Crippen LogP contribution in [0.1, 0.15) is 17.2 Å². The van der Waals surface area contributed by atoms with Gasteiger partial charge in [-0.3, -0.25) is 4.79 Å². The number of nitrogens with zero attached hydrogens (tertiary/aromatic N) is 1. The molecule has 0 bridgehead atoms. The number of hydrogen-bond acceptors (Lipinski definition) is 4. The van der Waals surface area contributed by atoms with Crippen LogP contribution < -0.4 is 10.2 Å². The van der Waals surface area contributed by atoms with Gasteiger partial charge in [0.25, 0.3) is 5.91 Å². The summed E-state index contributed by atoms with van der Waals surface area (Å²) in [5.74, 6) is 0.0615. The quantitative estimate of drug-likeness (QED) is 0.650. The Kier molecular flexibility index (Phi) is 5.06. The van der Waals surface area contributed by atoms with Crippen molar-refractivity contribution in [2.45, 2.75) is 6.10 Å². The number of aliphatic hydroxyl groups is 1. The molecule has 0 saturated carbocycles. The van der Waals surface area contributed by atoms with Crippen molar-refractivity contribution in [2.24, 2.45) is 5.10 Å². The molecule has 0 unspecified atom stereocenters. The first-order valence-electron chi connectivity index (χ1n) is 6.41. The lowest BCUT2D eigenvalue weighted by molar-refractivity contribution is -0.129. The fourth-order valence-electron chi connectivity index (χ4n) is 1.79. The first-order valence-corrected chi connectivity index (χ1v) is 6.41. The minimum atomic E-state index is -1.25. The van der Waals surface area contributed by atoms with Gasteiger partial charge in [0.15, 0.2) is 6.10 Å². The summed E-state index contributed by atoms with van der Waals surface area (Å²) in [6.07, 6.45) is 0.218. The zero-order valence-electron chi connectivity index (χ0n) is 11.6. The lowest BCUT2D eigenvalue weighted by Crippen LogP contribution is -2.25. The van der Waals surface area contributed by atoms with Gasteiger partial charge in [0.05, 0.1) is 13.3 Å². The fraction of sp³-hybridized carbons (Fsp3) is 0.125. The lowest BCUT2D eigenvalue weighted by atomic mass is 10.1. The van der Waals surface area contributed by atoms with Crippen LogP contribution in [0, 0.1) is 0 Å². The molecule has 0 fully saturated rings.